The Labute approximate surface area is 178 Å². The van der Waals surface area contributed by atoms with E-state index in [4.69, 9.17) is 10.9 Å². The Kier molecular flexibility index (Phi) is 13.0. The number of hydrogen-bond donors (Lipinski definition) is 0. The Hall–Kier alpha value is 0.940. The van der Waals surface area contributed by atoms with Gasteiger partial charge in [-0.15, -0.1) is 0 Å². The summed E-state index contributed by atoms with van der Waals surface area (Å²) < 4.78 is 26.5. The molecule has 0 unspecified atom stereocenters. The fraction of sp³-hybridized carbons (Fsp3) is 1.00. The van der Waals surface area contributed by atoms with Crippen LogP contribution in [0.15, 0.2) is 0 Å². The molecule has 0 aromatic rings. The van der Waals surface area contributed by atoms with Crippen LogP contribution in [0.3, 0.4) is 0 Å². The molecule has 0 heterocycles. The van der Waals surface area contributed by atoms with Crippen molar-refractivity contribution in [1.29, 1.82) is 0 Å². The molecular weight excluding hydrogens is 436 g/mol. The first-order chi connectivity index (χ1) is 12.2. The summed E-state index contributed by atoms with van der Waals surface area (Å²) in [7, 11) is -2.10. The third-order valence-electron chi connectivity index (χ3n) is 3.82. The zero-order valence-electron chi connectivity index (χ0n) is 20.2. The summed E-state index contributed by atoms with van der Waals surface area (Å²) in [5, 5.41) is 0. The van der Waals surface area contributed by atoms with E-state index in [1.54, 1.807) is 0 Å². The molecule has 0 radical (unpaired) electrons. The van der Waals surface area contributed by atoms with Crippen molar-refractivity contribution in [2.24, 2.45) is 17.8 Å². The van der Waals surface area contributed by atoms with Crippen LogP contribution in [0.5, 0.6) is 0 Å². The Morgan fingerprint density at radius 1 is 0.519 bits per heavy atom. The Balaban J connectivity index is 6.14. The molecule has 0 N–H and O–H groups in total. The van der Waals surface area contributed by atoms with Gasteiger partial charge in [-0.1, -0.05) is 0 Å². The average Bonchev–Trinajstić information content (AvgIpc) is 2.30. The van der Waals surface area contributed by atoms with Crippen molar-refractivity contribution in [1.82, 2.24) is 0 Å². The molecule has 164 valence electrons. The summed E-state index contributed by atoms with van der Waals surface area (Å²) in [4.78, 5) is 0. The first-order valence-electron chi connectivity index (χ1n) is 10.9. The van der Waals surface area contributed by atoms with Gasteiger partial charge in [0.05, 0.1) is 0 Å². The maximum absolute atomic E-state index is 7.17. The molecule has 0 saturated carbocycles. The third kappa shape index (κ3) is 12.3. The van der Waals surface area contributed by atoms with E-state index in [1.165, 1.54) is 0 Å². The van der Waals surface area contributed by atoms with Gasteiger partial charge < -0.3 is 0 Å². The summed E-state index contributed by atoms with van der Waals surface area (Å²) in [5.74, 6) is 1.78. The number of rotatable bonds is 14. The standard InChI is InChI=1S/C12H27OSi.3C3H7O.Zr/c1-10(2)7-14(13,8-11(3)4)9-12(5)6;3*1-3(2)4;/h10-12H,7-9H2,1-6H3;3*3H,1-2H3;/q4*-1;+4. The number of hydrogen-bond acceptors (Lipinski definition) is 4. The second-order valence-electron chi connectivity index (χ2n) is 10.1. The SMILES string of the molecule is CC(C)C[Si](CC(C)C)(CC(C)C)[O][Zr]([O]C(C)C)([O]C(C)C)[O]C(C)C. The Bertz CT molecular complexity index is 309. The van der Waals surface area contributed by atoms with Gasteiger partial charge in [0.2, 0.25) is 0 Å². The molecule has 0 rings (SSSR count). The molecule has 4 nitrogen and oxygen atoms in total. The van der Waals surface area contributed by atoms with Crippen LogP contribution in [0.2, 0.25) is 18.1 Å². The van der Waals surface area contributed by atoms with Gasteiger partial charge in [-0.25, -0.2) is 0 Å². The molecule has 0 saturated heterocycles. The van der Waals surface area contributed by atoms with E-state index in [9.17, 15) is 0 Å². The van der Waals surface area contributed by atoms with E-state index >= 15 is 0 Å². The molecule has 0 fully saturated rings. The van der Waals surface area contributed by atoms with Gasteiger partial charge in [-0.3, -0.25) is 0 Å². The van der Waals surface area contributed by atoms with Crippen LogP contribution in [0.1, 0.15) is 83.1 Å². The first-order valence-corrected chi connectivity index (χ1v) is 17.5. The maximum atomic E-state index is 7.17. The summed E-state index contributed by atoms with van der Waals surface area (Å²) in [5.41, 5.74) is 0. The van der Waals surface area contributed by atoms with Crippen LogP contribution in [-0.4, -0.2) is 26.6 Å². The van der Waals surface area contributed by atoms with Crippen molar-refractivity contribution < 1.29 is 33.0 Å². The zero-order valence-corrected chi connectivity index (χ0v) is 23.7. The van der Waals surface area contributed by atoms with Gasteiger partial charge in [0.25, 0.3) is 0 Å². The van der Waals surface area contributed by atoms with Crippen LogP contribution in [0.4, 0.5) is 0 Å². The van der Waals surface area contributed by atoms with E-state index in [0.29, 0.717) is 17.8 Å². The van der Waals surface area contributed by atoms with E-state index in [2.05, 4.69) is 83.1 Å². The normalized spacial score (nSPS) is 14.0. The van der Waals surface area contributed by atoms with Gasteiger partial charge >= 0.3 is 179 Å². The molecule has 0 bridgehead atoms. The van der Waals surface area contributed by atoms with Crippen LogP contribution in [0, 0.1) is 17.8 Å². The van der Waals surface area contributed by atoms with Crippen molar-refractivity contribution in [3.05, 3.63) is 0 Å². The van der Waals surface area contributed by atoms with Crippen LogP contribution in [-0.2, 0) is 33.0 Å². The predicted octanol–water partition coefficient (Wildman–Crippen LogP) is 7.01. The Morgan fingerprint density at radius 3 is 0.963 bits per heavy atom. The molecule has 0 aliphatic carbocycles. The molecule has 0 aliphatic rings. The van der Waals surface area contributed by atoms with Crippen LogP contribution < -0.4 is 0 Å². The molecule has 0 amide bonds. The molecule has 0 aliphatic heterocycles. The Morgan fingerprint density at radius 2 is 0.778 bits per heavy atom. The molecule has 0 aromatic heterocycles. The van der Waals surface area contributed by atoms with Crippen molar-refractivity contribution in [2.45, 2.75) is 120 Å². The molecule has 27 heavy (non-hydrogen) atoms. The summed E-state index contributed by atoms with van der Waals surface area (Å²) in [6.07, 6.45) is 0.0893. The van der Waals surface area contributed by atoms with E-state index in [-0.39, 0.29) is 18.3 Å². The van der Waals surface area contributed by atoms with E-state index < -0.39 is 30.3 Å². The third-order valence-corrected chi connectivity index (χ3v) is 19.8. The monoisotopic (exact) mass is 482 g/mol. The van der Waals surface area contributed by atoms with Gasteiger partial charge in [-0.05, 0) is 0 Å². The summed E-state index contributed by atoms with van der Waals surface area (Å²) >= 11 is -4.20. The fourth-order valence-electron chi connectivity index (χ4n) is 3.89. The van der Waals surface area contributed by atoms with Gasteiger partial charge in [-0.2, -0.15) is 0 Å². The minimum absolute atomic E-state index is 0.0298. The topological polar surface area (TPSA) is 36.9 Å². The average molecular weight is 484 g/mol. The van der Waals surface area contributed by atoms with Crippen molar-refractivity contribution in [2.75, 3.05) is 0 Å². The quantitative estimate of drug-likeness (QED) is 0.249. The van der Waals surface area contributed by atoms with Gasteiger partial charge in [0.15, 0.2) is 0 Å². The fourth-order valence-corrected chi connectivity index (χ4v) is 21.3. The molecule has 0 aromatic carbocycles. The van der Waals surface area contributed by atoms with Gasteiger partial charge in [0.1, 0.15) is 0 Å². The summed E-state index contributed by atoms with van der Waals surface area (Å²) in [6.45, 7) is 26.2. The first kappa shape index (κ1) is 27.9. The second-order valence-corrected chi connectivity index (χ2v) is 19.6. The summed E-state index contributed by atoms with van der Waals surface area (Å²) in [6, 6.07) is 3.39. The molecule has 0 atom stereocenters. The van der Waals surface area contributed by atoms with Gasteiger partial charge in [0, 0.05) is 0 Å². The van der Waals surface area contributed by atoms with Crippen molar-refractivity contribution >= 4 is 8.32 Å². The van der Waals surface area contributed by atoms with E-state index in [0.717, 1.165) is 18.1 Å². The minimum atomic E-state index is -4.20. The van der Waals surface area contributed by atoms with Crippen molar-refractivity contribution in [3.8, 4) is 0 Å². The van der Waals surface area contributed by atoms with Crippen LogP contribution >= 0.6 is 0 Å². The molecule has 0 spiro atoms. The zero-order chi connectivity index (χ0) is 21.4. The molecular formula is C21H48O4SiZr. The van der Waals surface area contributed by atoms with Crippen molar-refractivity contribution in [3.63, 3.8) is 0 Å². The predicted molar refractivity (Wildman–Crippen MR) is 114 cm³/mol. The van der Waals surface area contributed by atoms with E-state index in [1.807, 2.05) is 0 Å². The second kappa shape index (κ2) is 12.6. The van der Waals surface area contributed by atoms with Crippen LogP contribution in [0.25, 0.3) is 0 Å². The molecule has 6 heteroatoms.